The Balaban J connectivity index is 2.12. The van der Waals surface area contributed by atoms with Gasteiger partial charge >= 0.3 is 0 Å². The Kier molecular flexibility index (Phi) is 3.34. The number of Topliss-reactive ketones (excluding diaryl/α,β-unsaturated/α-hetero) is 1. The molecule has 1 aromatic carbocycles. The number of benzene rings is 1. The number of rotatable bonds is 3. The van der Waals surface area contributed by atoms with E-state index in [1.54, 1.807) is 0 Å². The van der Waals surface area contributed by atoms with Crippen molar-refractivity contribution in [2.24, 2.45) is 0 Å². The third-order valence-electron chi connectivity index (χ3n) is 3.45. The van der Waals surface area contributed by atoms with Gasteiger partial charge in [0.1, 0.15) is 5.60 Å². The highest BCUT2D eigenvalue weighted by atomic mass is 16.5. The van der Waals surface area contributed by atoms with Crippen molar-refractivity contribution in [1.82, 2.24) is 0 Å². The molecule has 0 bridgehead atoms. The van der Waals surface area contributed by atoms with Crippen LogP contribution in [0.15, 0.2) is 18.2 Å². The molecule has 1 aliphatic heterocycles. The van der Waals surface area contributed by atoms with Gasteiger partial charge in [0.25, 0.3) is 0 Å². The first kappa shape index (κ1) is 12.3. The molecule has 0 N–H and O–H groups in total. The molecule has 0 radical (unpaired) electrons. The summed E-state index contributed by atoms with van der Waals surface area (Å²) in [6.45, 7) is 6.77. The molecular formula is C15H20O2. The first-order chi connectivity index (χ1) is 7.99. The Morgan fingerprint density at radius 1 is 1.29 bits per heavy atom. The maximum atomic E-state index is 12.2. The van der Waals surface area contributed by atoms with Gasteiger partial charge < -0.3 is 4.74 Å². The molecule has 0 amide bonds. The molecule has 2 heteroatoms. The average Bonchev–Trinajstić information content (AvgIpc) is 2.64. The summed E-state index contributed by atoms with van der Waals surface area (Å²) < 4.78 is 5.59. The minimum absolute atomic E-state index is 0.208. The van der Waals surface area contributed by atoms with Gasteiger partial charge in [-0.3, -0.25) is 4.79 Å². The fraction of sp³-hybridized carbons (Fsp3) is 0.533. The van der Waals surface area contributed by atoms with Crippen LogP contribution in [0.1, 0.15) is 36.5 Å². The van der Waals surface area contributed by atoms with Crippen molar-refractivity contribution >= 4 is 5.78 Å². The van der Waals surface area contributed by atoms with E-state index in [-0.39, 0.29) is 5.78 Å². The second-order valence-electron chi connectivity index (χ2n) is 5.28. The molecule has 92 valence electrons. The molecule has 1 fully saturated rings. The molecule has 2 rings (SSSR count). The average molecular weight is 232 g/mol. The lowest BCUT2D eigenvalue weighted by Gasteiger charge is -2.21. The van der Waals surface area contributed by atoms with Gasteiger partial charge in [-0.15, -0.1) is 0 Å². The summed E-state index contributed by atoms with van der Waals surface area (Å²) in [5.74, 6) is 0.208. The SMILES string of the molecule is Cc1cc(C)cc(CC(=O)C2(C)CCCO2)c1. The van der Waals surface area contributed by atoms with Crippen molar-refractivity contribution < 1.29 is 9.53 Å². The normalized spacial score (nSPS) is 23.9. The zero-order valence-electron chi connectivity index (χ0n) is 10.9. The highest BCUT2D eigenvalue weighted by Gasteiger charge is 2.36. The van der Waals surface area contributed by atoms with E-state index in [2.05, 4.69) is 32.0 Å². The van der Waals surface area contributed by atoms with Crippen molar-refractivity contribution in [3.8, 4) is 0 Å². The van der Waals surface area contributed by atoms with E-state index < -0.39 is 5.60 Å². The molecule has 0 saturated carbocycles. The van der Waals surface area contributed by atoms with Gasteiger partial charge in [0, 0.05) is 13.0 Å². The van der Waals surface area contributed by atoms with Crippen molar-refractivity contribution in [1.29, 1.82) is 0 Å². The zero-order valence-corrected chi connectivity index (χ0v) is 10.9. The number of hydrogen-bond donors (Lipinski definition) is 0. The Hall–Kier alpha value is -1.15. The Morgan fingerprint density at radius 2 is 1.94 bits per heavy atom. The quantitative estimate of drug-likeness (QED) is 0.801. The molecule has 0 aliphatic carbocycles. The van der Waals surface area contributed by atoms with Crippen LogP contribution in [0.2, 0.25) is 0 Å². The fourth-order valence-electron chi connectivity index (χ4n) is 2.54. The summed E-state index contributed by atoms with van der Waals surface area (Å²) in [4.78, 5) is 12.2. The van der Waals surface area contributed by atoms with Gasteiger partial charge in [0.15, 0.2) is 5.78 Å². The van der Waals surface area contributed by atoms with Crippen LogP contribution in [0.25, 0.3) is 0 Å². The maximum Gasteiger partial charge on any atom is 0.168 e. The van der Waals surface area contributed by atoms with E-state index in [4.69, 9.17) is 4.74 Å². The van der Waals surface area contributed by atoms with E-state index >= 15 is 0 Å². The maximum absolute atomic E-state index is 12.2. The van der Waals surface area contributed by atoms with Crippen molar-refractivity contribution in [3.63, 3.8) is 0 Å². The topological polar surface area (TPSA) is 26.3 Å². The second-order valence-corrected chi connectivity index (χ2v) is 5.28. The van der Waals surface area contributed by atoms with E-state index in [0.29, 0.717) is 6.42 Å². The highest BCUT2D eigenvalue weighted by molar-refractivity contribution is 5.89. The first-order valence-corrected chi connectivity index (χ1v) is 6.24. The summed E-state index contributed by atoms with van der Waals surface area (Å²) in [6, 6.07) is 6.30. The van der Waals surface area contributed by atoms with Crippen LogP contribution in [0.4, 0.5) is 0 Å². The van der Waals surface area contributed by atoms with Crippen LogP contribution in [-0.2, 0) is 16.0 Å². The molecule has 0 spiro atoms. The predicted molar refractivity (Wildman–Crippen MR) is 68.2 cm³/mol. The first-order valence-electron chi connectivity index (χ1n) is 6.24. The van der Waals surface area contributed by atoms with Crippen molar-refractivity contribution in [2.45, 2.75) is 45.6 Å². The third kappa shape index (κ3) is 2.75. The molecule has 1 saturated heterocycles. The molecule has 1 unspecified atom stereocenters. The molecular weight excluding hydrogens is 212 g/mol. The Morgan fingerprint density at radius 3 is 2.47 bits per heavy atom. The lowest BCUT2D eigenvalue weighted by molar-refractivity contribution is -0.136. The van der Waals surface area contributed by atoms with Crippen LogP contribution >= 0.6 is 0 Å². The number of ketones is 1. The van der Waals surface area contributed by atoms with E-state index in [1.807, 2.05) is 6.92 Å². The number of hydrogen-bond acceptors (Lipinski definition) is 2. The summed E-state index contributed by atoms with van der Waals surface area (Å²) >= 11 is 0. The van der Waals surface area contributed by atoms with E-state index in [9.17, 15) is 4.79 Å². The van der Waals surface area contributed by atoms with Crippen molar-refractivity contribution in [2.75, 3.05) is 6.61 Å². The van der Waals surface area contributed by atoms with Crippen molar-refractivity contribution in [3.05, 3.63) is 34.9 Å². The zero-order chi connectivity index (χ0) is 12.5. The summed E-state index contributed by atoms with van der Waals surface area (Å²) in [5, 5.41) is 0. The van der Waals surface area contributed by atoms with Crippen LogP contribution in [-0.4, -0.2) is 18.0 Å². The standard InChI is InChI=1S/C15H20O2/c1-11-7-12(2)9-13(8-11)10-14(16)15(3)5-4-6-17-15/h7-9H,4-6,10H2,1-3H3. The molecule has 1 aliphatic rings. The van der Waals surface area contributed by atoms with Gasteiger partial charge in [-0.25, -0.2) is 0 Å². The number of aryl methyl sites for hydroxylation is 2. The molecule has 2 nitrogen and oxygen atoms in total. The predicted octanol–water partition coefficient (Wildman–Crippen LogP) is 2.98. The lowest BCUT2D eigenvalue weighted by atomic mass is 9.91. The van der Waals surface area contributed by atoms with E-state index in [0.717, 1.165) is 25.0 Å². The third-order valence-corrected chi connectivity index (χ3v) is 3.45. The molecule has 0 aromatic heterocycles. The van der Waals surface area contributed by atoms with Crippen LogP contribution < -0.4 is 0 Å². The van der Waals surface area contributed by atoms with Gasteiger partial charge in [-0.1, -0.05) is 29.3 Å². The van der Waals surface area contributed by atoms with Gasteiger partial charge in [0.05, 0.1) is 0 Å². The Labute approximate surface area is 103 Å². The minimum Gasteiger partial charge on any atom is -0.367 e. The highest BCUT2D eigenvalue weighted by Crippen LogP contribution is 2.27. The minimum atomic E-state index is -0.544. The number of carbonyl (C=O) groups is 1. The largest absolute Gasteiger partial charge is 0.367 e. The van der Waals surface area contributed by atoms with E-state index in [1.165, 1.54) is 11.1 Å². The molecule has 1 heterocycles. The molecule has 17 heavy (non-hydrogen) atoms. The summed E-state index contributed by atoms with van der Waals surface area (Å²) in [7, 11) is 0. The monoisotopic (exact) mass is 232 g/mol. The Bertz CT molecular complexity index is 408. The molecule has 1 atom stereocenters. The van der Waals surface area contributed by atoms with Gasteiger partial charge in [-0.05, 0) is 39.2 Å². The number of ether oxygens (including phenoxy) is 1. The summed E-state index contributed by atoms with van der Waals surface area (Å²) in [5.41, 5.74) is 2.98. The van der Waals surface area contributed by atoms with Crippen LogP contribution in [0, 0.1) is 13.8 Å². The number of carbonyl (C=O) groups excluding carboxylic acids is 1. The second kappa shape index (κ2) is 4.61. The van der Waals surface area contributed by atoms with Gasteiger partial charge in [-0.2, -0.15) is 0 Å². The molecule has 1 aromatic rings. The van der Waals surface area contributed by atoms with Crippen LogP contribution in [0.5, 0.6) is 0 Å². The smallest absolute Gasteiger partial charge is 0.168 e. The van der Waals surface area contributed by atoms with Crippen LogP contribution in [0.3, 0.4) is 0 Å². The summed E-state index contributed by atoms with van der Waals surface area (Å²) in [6.07, 6.45) is 2.34. The van der Waals surface area contributed by atoms with Gasteiger partial charge in [0.2, 0.25) is 0 Å². The fourth-order valence-corrected chi connectivity index (χ4v) is 2.54. The lowest BCUT2D eigenvalue weighted by Crippen LogP contribution is -2.35.